The van der Waals surface area contributed by atoms with Crippen molar-refractivity contribution in [3.05, 3.63) is 22.6 Å². The van der Waals surface area contributed by atoms with Crippen molar-refractivity contribution in [2.45, 2.75) is 32.7 Å². The number of hydrogen-bond acceptors (Lipinski definition) is 5. The van der Waals surface area contributed by atoms with Crippen molar-refractivity contribution in [3.63, 3.8) is 0 Å². The Labute approximate surface area is 148 Å². The molecular formula is C16H21BrN2O5. The number of hydrogen-bond donors (Lipinski definition) is 1. The van der Waals surface area contributed by atoms with Gasteiger partial charge in [0.1, 0.15) is 6.04 Å². The van der Waals surface area contributed by atoms with Gasteiger partial charge in [-0.3, -0.25) is 14.4 Å². The van der Waals surface area contributed by atoms with Crippen LogP contribution in [0.3, 0.4) is 0 Å². The number of nitrogens with one attached hydrogen (secondary N) is 1. The summed E-state index contributed by atoms with van der Waals surface area (Å²) < 4.78 is 10.8. The fourth-order valence-corrected chi connectivity index (χ4v) is 2.66. The summed E-state index contributed by atoms with van der Waals surface area (Å²) in [6.07, 6.45) is 0.587. The molecule has 1 N–H and O–H groups in total. The highest BCUT2D eigenvalue weighted by molar-refractivity contribution is 9.10. The summed E-state index contributed by atoms with van der Waals surface area (Å²) in [6, 6.07) is 2.24. The molecule has 2 amide bonds. The number of carbonyl (C=O) groups excluding carboxylic acids is 3. The summed E-state index contributed by atoms with van der Waals surface area (Å²) in [7, 11) is 0. The molecule has 0 bridgehead atoms. The highest BCUT2D eigenvalue weighted by atomic mass is 79.9. The molecule has 0 aromatic carbocycles. The van der Waals surface area contributed by atoms with Gasteiger partial charge in [0, 0.05) is 13.1 Å². The minimum Gasteiger partial charge on any atom is -0.466 e. The molecule has 7 nitrogen and oxygen atoms in total. The predicted octanol–water partition coefficient (Wildman–Crippen LogP) is 1.96. The van der Waals surface area contributed by atoms with Gasteiger partial charge >= 0.3 is 5.97 Å². The molecule has 1 saturated heterocycles. The van der Waals surface area contributed by atoms with Crippen LogP contribution in [0.15, 0.2) is 21.2 Å². The number of amides is 2. The van der Waals surface area contributed by atoms with Crippen LogP contribution in [0.2, 0.25) is 0 Å². The van der Waals surface area contributed by atoms with E-state index < -0.39 is 17.9 Å². The zero-order valence-electron chi connectivity index (χ0n) is 13.7. The second-order valence-electron chi connectivity index (χ2n) is 6.02. The fourth-order valence-electron chi connectivity index (χ4n) is 2.36. The standard InChI is InChI=1S/C16H21BrN2O5/c1-10(2)5-8-23-14(20)9-11-15(21)18-6-7-19(11)16(22)12-3-4-13(17)24-12/h3-4,10-11H,5-9H2,1-2H3,(H,18,21). The van der Waals surface area contributed by atoms with E-state index in [0.29, 0.717) is 30.3 Å². The van der Waals surface area contributed by atoms with Gasteiger partial charge in [0.05, 0.1) is 13.0 Å². The normalized spacial score (nSPS) is 17.8. The zero-order valence-corrected chi connectivity index (χ0v) is 15.3. The van der Waals surface area contributed by atoms with E-state index in [-0.39, 0.29) is 18.1 Å². The van der Waals surface area contributed by atoms with Crippen molar-refractivity contribution in [1.82, 2.24) is 10.2 Å². The maximum absolute atomic E-state index is 12.5. The molecule has 1 aliphatic rings. The van der Waals surface area contributed by atoms with Crippen LogP contribution in [-0.4, -0.2) is 48.4 Å². The van der Waals surface area contributed by atoms with E-state index in [1.807, 2.05) is 13.8 Å². The molecule has 0 saturated carbocycles. The summed E-state index contributed by atoms with van der Waals surface area (Å²) in [4.78, 5) is 38.0. The van der Waals surface area contributed by atoms with E-state index in [1.54, 1.807) is 6.07 Å². The third-order valence-electron chi connectivity index (χ3n) is 3.69. The average molecular weight is 401 g/mol. The van der Waals surface area contributed by atoms with Crippen LogP contribution in [0, 0.1) is 5.92 Å². The molecule has 0 radical (unpaired) electrons. The maximum Gasteiger partial charge on any atom is 0.308 e. The molecule has 8 heteroatoms. The Morgan fingerprint density at radius 2 is 2.21 bits per heavy atom. The third kappa shape index (κ3) is 4.83. The molecule has 1 aliphatic heterocycles. The average Bonchev–Trinajstić information content (AvgIpc) is 2.95. The van der Waals surface area contributed by atoms with E-state index in [2.05, 4.69) is 21.2 Å². The molecule has 1 fully saturated rings. The minimum atomic E-state index is -0.887. The molecule has 2 rings (SSSR count). The van der Waals surface area contributed by atoms with Crippen molar-refractivity contribution < 1.29 is 23.5 Å². The van der Waals surface area contributed by atoms with E-state index in [1.165, 1.54) is 11.0 Å². The summed E-state index contributed by atoms with van der Waals surface area (Å²) in [5, 5.41) is 2.67. The van der Waals surface area contributed by atoms with Gasteiger partial charge in [0.25, 0.3) is 5.91 Å². The molecule has 24 heavy (non-hydrogen) atoms. The Balaban J connectivity index is 2.02. The van der Waals surface area contributed by atoms with Crippen LogP contribution in [0.4, 0.5) is 0 Å². The Kier molecular flexibility index (Phi) is 6.42. The first-order chi connectivity index (χ1) is 11.4. The lowest BCUT2D eigenvalue weighted by Gasteiger charge is -2.33. The Morgan fingerprint density at radius 1 is 1.46 bits per heavy atom. The lowest BCUT2D eigenvalue weighted by molar-refractivity contribution is -0.148. The maximum atomic E-state index is 12.5. The van der Waals surface area contributed by atoms with E-state index in [9.17, 15) is 14.4 Å². The number of ether oxygens (including phenoxy) is 1. The van der Waals surface area contributed by atoms with Crippen molar-refractivity contribution in [1.29, 1.82) is 0 Å². The quantitative estimate of drug-likeness (QED) is 0.737. The second kappa shape index (κ2) is 8.32. The van der Waals surface area contributed by atoms with Crippen molar-refractivity contribution in [2.75, 3.05) is 19.7 Å². The van der Waals surface area contributed by atoms with Gasteiger partial charge in [0.15, 0.2) is 10.4 Å². The van der Waals surface area contributed by atoms with Gasteiger partial charge in [-0.25, -0.2) is 0 Å². The van der Waals surface area contributed by atoms with E-state index >= 15 is 0 Å². The van der Waals surface area contributed by atoms with Crippen LogP contribution in [0.1, 0.15) is 37.2 Å². The van der Waals surface area contributed by atoms with Gasteiger partial charge in [0.2, 0.25) is 5.91 Å². The lowest BCUT2D eigenvalue weighted by atomic mass is 10.1. The first-order valence-corrected chi connectivity index (χ1v) is 8.67. The molecule has 1 unspecified atom stereocenters. The first-order valence-electron chi connectivity index (χ1n) is 7.88. The summed E-state index contributed by atoms with van der Waals surface area (Å²) in [5.74, 6) is -0.728. The lowest BCUT2D eigenvalue weighted by Crippen LogP contribution is -2.57. The highest BCUT2D eigenvalue weighted by Crippen LogP contribution is 2.19. The second-order valence-corrected chi connectivity index (χ2v) is 6.80. The number of nitrogens with zero attached hydrogens (tertiary/aromatic N) is 1. The van der Waals surface area contributed by atoms with Crippen molar-refractivity contribution in [2.24, 2.45) is 5.92 Å². The number of furan rings is 1. The van der Waals surface area contributed by atoms with Gasteiger partial charge in [-0.15, -0.1) is 0 Å². The summed E-state index contributed by atoms with van der Waals surface area (Å²) in [6.45, 7) is 5.02. The molecule has 1 atom stereocenters. The first kappa shape index (κ1) is 18.5. The van der Waals surface area contributed by atoms with Crippen LogP contribution < -0.4 is 5.32 Å². The summed E-state index contributed by atoms with van der Waals surface area (Å²) >= 11 is 3.14. The number of piperazine rings is 1. The summed E-state index contributed by atoms with van der Waals surface area (Å²) in [5.41, 5.74) is 0. The van der Waals surface area contributed by atoms with E-state index in [4.69, 9.17) is 9.15 Å². The van der Waals surface area contributed by atoms with Gasteiger partial charge in [-0.2, -0.15) is 0 Å². The fraction of sp³-hybridized carbons (Fsp3) is 0.562. The van der Waals surface area contributed by atoms with Crippen LogP contribution in [-0.2, 0) is 14.3 Å². The number of carbonyl (C=O) groups is 3. The van der Waals surface area contributed by atoms with Gasteiger partial charge in [-0.05, 0) is 40.4 Å². The smallest absolute Gasteiger partial charge is 0.308 e. The number of halogens is 1. The Bertz CT molecular complexity index is 613. The van der Waals surface area contributed by atoms with Gasteiger partial charge < -0.3 is 19.4 Å². The predicted molar refractivity (Wildman–Crippen MR) is 89.3 cm³/mol. The Morgan fingerprint density at radius 3 is 2.83 bits per heavy atom. The monoisotopic (exact) mass is 400 g/mol. The van der Waals surface area contributed by atoms with Crippen LogP contribution in [0.25, 0.3) is 0 Å². The molecule has 2 heterocycles. The molecule has 0 aliphatic carbocycles. The van der Waals surface area contributed by atoms with E-state index in [0.717, 1.165) is 6.42 Å². The van der Waals surface area contributed by atoms with Crippen molar-refractivity contribution in [3.8, 4) is 0 Å². The number of rotatable bonds is 6. The molecule has 0 spiro atoms. The molecule has 132 valence electrons. The molecular weight excluding hydrogens is 380 g/mol. The van der Waals surface area contributed by atoms with Crippen LogP contribution in [0.5, 0.6) is 0 Å². The SMILES string of the molecule is CC(C)CCOC(=O)CC1C(=O)NCCN1C(=O)c1ccc(Br)o1. The number of esters is 1. The zero-order chi connectivity index (χ0) is 17.7. The molecule has 1 aromatic rings. The minimum absolute atomic E-state index is 0.120. The Hall–Kier alpha value is -1.83. The highest BCUT2D eigenvalue weighted by Gasteiger charge is 2.36. The largest absolute Gasteiger partial charge is 0.466 e. The molecule has 1 aromatic heterocycles. The van der Waals surface area contributed by atoms with Crippen LogP contribution >= 0.6 is 15.9 Å². The van der Waals surface area contributed by atoms with Crippen molar-refractivity contribution >= 4 is 33.7 Å². The topological polar surface area (TPSA) is 88.9 Å². The van der Waals surface area contributed by atoms with Gasteiger partial charge in [-0.1, -0.05) is 13.8 Å². The third-order valence-corrected chi connectivity index (χ3v) is 4.12.